The van der Waals surface area contributed by atoms with Gasteiger partial charge in [-0.25, -0.2) is 4.99 Å². The number of guanidine groups is 1. The average molecular weight is 388 g/mol. The Labute approximate surface area is 138 Å². The van der Waals surface area contributed by atoms with E-state index in [9.17, 15) is 0 Å². The molecule has 1 heterocycles. The van der Waals surface area contributed by atoms with E-state index in [1.165, 1.54) is 38.5 Å². The molecule has 0 bridgehead atoms. The number of nitrogens with zero attached hydrogens (tertiary/aromatic N) is 2. The van der Waals surface area contributed by atoms with Crippen LogP contribution >= 0.6 is 24.0 Å². The van der Waals surface area contributed by atoms with Crippen molar-refractivity contribution in [1.82, 2.24) is 10.3 Å². The van der Waals surface area contributed by atoms with Crippen LogP contribution in [-0.4, -0.2) is 17.0 Å². The van der Waals surface area contributed by atoms with Crippen LogP contribution in [-0.2, 0) is 6.54 Å². The standard InChI is InChI=1S/C15H24N4.HI/c1-12-7-6-10-17-14(12)11-18-15(16)19-13-8-4-2-3-5-9-13;/h6-7,10,13H,2-5,8-9,11H2,1H3,(H3,16,18,19);1H. The number of hydrogen-bond acceptors (Lipinski definition) is 2. The van der Waals surface area contributed by atoms with Crippen molar-refractivity contribution in [3.8, 4) is 0 Å². The van der Waals surface area contributed by atoms with Gasteiger partial charge in [0.2, 0.25) is 0 Å². The van der Waals surface area contributed by atoms with E-state index in [0.29, 0.717) is 18.5 Å². The number of nitrogens with two attached hydrogens (primary N) is 1. The molecule has 5 heteroatoms. The first-order valence-electron chi connectivity index (χ1n) is 7.22. The summed E-state index contributed by atoms with van der Waals surface area (Å²) in [6, 6.07) is 4.48. The van der Waals surface area contributed by atoms with Crippen molar-refractivity contribution in [2.75, 3.05) is 0 Å². The van der Waals surface area contributed by atoms with E-state index >= 15 is 0 Å². The maximum absolute atomic E-state index is 5.96. The molecule has 4 nitrogen and oxygen atoms in total. The van der Waals surface area contributed by atoms with Gasteiger partial charge in [-0.05, 0) is 31.4 Å². The Balaban J connectivity index is 0.00000200. The van der Waals surface area contributed by atoms with Crippen LogP contribution in [0.3, 0.4) is 0 Å². The molecule has 20 heavy (non-hydrogen) atoms. The third-order valence-corrected chi connectivity index (χ3v) is 3.72. The molecule has 1 aromatic heterocycles. The number of pyridine rings is 1. The molecule has 1 aliphatic carbocycles. The second-order valence-electron chi connectivity index (χ2n) is 5.30. The van der Waals surface area contributed by atoms with Crippen molar-refractivity contribution < 1.29 is 0 Å². The van der Waals surface area contributed by atoms with Gasteiger partial charge in [-0.15, -0.1) is 24.0 Å². The molecule has 2 rings (SSSR count). The van der Waals surface area contributed by atoms with E-state index in [1.807, 2.05) is 19.1 Å². The van der Waals surface area contributed by atoms with Crippen LogP contribution < -0.4 is 11.1 Å². The Bertz CT molecular complexity index is 426. The van der Waals surface area contributed by atoms with E-state index in [4.69, 9.17) is 5.73 Å². The molecule has 1 saturated carbocycles. The highest BCUT2D eigenvalue weighted by Crippen LogP contribution is 2.16. The summed E-state index contributed by atoms with van der Waals surface area (Å²) in [5.74, 6) is 0.553. The number of halogens is 1. The predicted molar refractivity (Wildman–Crippen MR) is 94.3 cm³/mol. The average Bonchev–Trinajstić information content (AvgIpc) is 2.66. The zero-order chi connectivity index (χ0) is 13.5. The molecule has 0 radical (unpaired) electrons. The molecule has 0 saturated heterocycles. The minimum Gasteiger partial charge on any atom is -0.370 e. The fourth-order valence-corrected chi connectivity index (χ4v) is 2.52. The van der Waals surface area contributed by atoms with Crippen molar-refractivity contribution in [3.05, 3.63) is 29.6 Å². The SMILES string of the molecule is Cc1cccnc1CN=C(N)NC1CCCCCC1.I. The topological polar surface area (TPSA) is 63.3 Å². The van der Waals surface area contributed by atoms with Gasteiger partial charge in [0, 0.05) is 12.2 Å². The van der Waals surface area contributed by atoms with E-state index in [-0.39, 0.29) is 24.0 Å². The zero-order valence-electron chi connectivity index (χ0n) is 12.1. The second-order valence-corrected chi connectivity index (χ2v) is 5.30. The summed E-state index contributed by atoms with van der Waals surface area (Å²) >= 11 is 0. The number of aryl methyl sites for hydroxylation is 1. The van der Waals surface area contributed by atoms with Crippen LogP contribution in [0.2, 0.25) is 0 Å². The molecular formula is C15H25IN4. The number of nitrogens with one attached hydrogen (secondary N) is 1. The van der Waals surface area contributed by atoms with Crippen molar-refractivity contribution >= 4 is 29.9 Å². The maximum atomic E-state index is 5.96. The lowest BCUT2D eigenvalue weighted by Gasteiger charge is -2.16. The van der Waals surface area contributed by atoms with E-state index in [0.717, 1.165) is 11.3 Å². The summed E-state index contributed by atoms with van der Waals surface area (Å²) in [7, 11) is 0. The summed E-state index contributed by atoms with van der Waals surface area (Å²) in [6.45, 7) is 2.60. The lowest BCUT2D eigenvalue weighted by molar-refractivity contribution is 0.530. The quantitative estimate of drug-likeness (QED) is 0.362. The Kier molecular flexibility index (Phi) is 7.87. The summed E-state index contributed by atoms with van der Waals surface area (Å²) in [5, 5.41) is 3.35. The highest BCUT2D eigenvalue weighted by molar-refractivity contribution is 14.0. The Morgan fingerprint density at radius 2 is 2.05 bits per heavy atom. The highest BCUT2D eigenvalue weighted by atomic mass is 127. The smallest absolute Gasteiger partial charge is 0.189 e. The minimum absolute atomic E-state index is 0. The Morgan fingerprint density at radius 3 is 2.70 bits per heavy atom. The van der Waals surface area contributed by atoms with Crippen LogP contribution in [0.25, 0.3) is 0 Å². The molecule has 3 N–H and O–H groups in total. The minimum atomic E-state index is 0. The summed E-state index contributed by atoms with van der Waals surface area (Å²) in [5.41, 5.74) is 8.12. The highest BCUT2D eigenvalue weighted by Gasteiger charge is 2.12. The summed E-state index contributed by atoms with van der Waals surface area (Å²) in [4.78, 5) is 8.72. The zero-order valence-corrected chi connectivity index (χ0v) is 14.5. The fourth-order valence-electron chi connectivity index (χ4n) is 2.52. The van der Waals surface area contributed by atoms with Crippen LogP contribution in [0.15, 0.2) is 23.3 Å². The Hall–Kier alpha value is -0.850. The first-order chi connectivity index (χ1) is 9.25. The third-order valence-electron chi connectivity index (χ3n) is 3.72. The van der Waals surface area contributed by atoms with Gasteiger partial charge in [-0.2, -0.15) is 0 Å². The Morgan fingerprint density at radius 1 is 1.35 bits per heavy atom. The monoisotopic (exact) mass is 388 g/mol. The maximum Gasteiger partial charge on any atom is 0.189 e. The van der Waals surface area contributed by atoms with E-state index in [1.54, 1.807) is 6.20 Å². The van der Waals surface area contributed by atoms with Gasteiger partial charge in [-0.3, -0.25) is 4.98 Å². The van der Waals surface area contributed by atoms with Gasteiger partial charge in [-0.1, -0.05) is 31.7 Å². The van der Waals surface area contributed by atoms with Gasteiger partial charge < -0.3 is 11.1 Å². The van der Waals surface area contributed by atoms with Crippen LogP contribution in [0, 0.1) is 6.92 Å². The molecule has 0 aromatic carbocycles. The van der Waals surface area contributed by atoms with Crippen molar-refractivity contribution in [3.63, 3.8) is 0 Å². The lowest BCUT2D eigenvalue weighted by atomic mass is 10.1. The normalized spacial score (nSPS) is 17.1. The molecule has 1 fully saturated rings. The second kappa shape index (κ2) is 9.15. The van der Waals surface area contributed by atoms with Crippen molar-refractivity contribution in [1.29, 1.82) is 0 Å². The molecule has 0 spiro atoms. The van der Waals surface area contributed by atoms with Gasteiger partial charge in [0.15, 0.2) is 5.96 Å². The number of aliphatic imine (C=N–C) groups is 1. The largest absolute Gasteiger partial charge is 0.370 e. The van der Waals surface area contributed by atoms with Crippen molar-refractivity contribution in [2.24, 2.45) is 10.7 Å². The molecule has 0 unspecified atom stereocenters. The van der Waals surface area contributed by atoms with Crippen LogP contribution in [0.4, 0.5) is 0 Å². The molecule has 0 atom stereocenters. The molecular weight excluding hydrogens is 363 g/mol. The first-order valence-corrected chi connectivity index (χ1v) is 7.22. The van der Waals surface area contributed by atoms with E-state index < -0.39 is 0 Å². The first kappa shape index (κ1) is 17.2. The summed E-state index contributed by atoms with van der Waals surface area (Å²) < 4.78 is 0. The lowest BCUT2D eigenvalue weighted by Crippen LogP contribution is -2.39. The number of rotatable bonds is 3. The molecule has 1 aromatic rings. The van der Waals surface area contributed by atoms with Crippen LogP contribution in [0.1, 0.15) is 49.8 Å². The van der Waals surface area contributed by atoms with Gasteiger partial charge in [0.25, 0.3) is 0 Å². The molecule has 0 aliphatic heterocycles. The van der Waals surface area contributed by atoms with E-state index in [2.05, 4.69) is 15.3 Å². The molecule has 112 valence electrons. The third kappa shape index (κ3) is 5.64. The van der Waals surface area contributed by atoms with Gasteiger partial charge in [0.1, 0.15) is 0 Å². The number of hydrogen-bond donors (Lipinski definition) is 2. The fraction of sp³-hybridized carbons (Fsp3) is 0.600. The summed E-state index contributed by atoms with van der Waals surface area (Å²) in [6.07, 6.45) is 9.50. The predicted octanol–water partition coefficient (Wildman–Crippen LogP) is 3.14. The van der Waals surface area contributed by atoms with Gasteiger partial charge >= 0.3 is 0 Å². The van der Waals surface area contributed by atoms with Crippen LogP contribution in [0.5, 0.6) is 0 Å². The molecule has 0 amide bonds. The van der Waals surface area contributed by atoms with Crippen molar-refractivity contribution in [2.45, 2.75) is 58.0 Å². The number of aromatic nitrogens is 1. The molecule has 1 aliphatic rings. The van der Waals surface area contributed by atoms with Gasteiger partial charge in [0.05, 0.1) is 12.2 Å².